The number of carbonyl (C=O) groups is 2. The molecule has 0 aliphatic carbocycles. The van der Waals surface area contributed by atoms with Crippen LogP contribution in [0.15, 0.2) is 65.8 Å². The lowest BCUT2D eigenvalue weighted by Crippen LogP contribution is -2.26. The average molecular weight is 337 g/mol. The molecular weight excluding hydrogens is 314 g/mol. The van der Waals surface area contributed by atoms with Crippen LogP contribution in [0.2, 0.25) is 0 Å². The molecule has 0 atom stereocenters. The molecule has 0 aliphatic rings. The van der Waals surface area contributed by atoms with Crippen LogP contribution in [-0.4, -0.2) is 17.5 Å². The van der Waals surface area contributed by atoms with Crippen molar-refractivity contribution in [1.29, 1.82) is 0 Å². The standard InChI is InChI=1S/C20H23N3O2/c1-2-18(17-11-7-4-8-12-17)22-23-20(25)14-13-19(24)21-15-16-9-5-3-6-10-16/h3-12H,2,13-15H2,1H3,(H,21,24)(H,23,25). The Bertz CT molecular complexity index is 712. The molecule has 2 aromatic rings. The third-order valence-corrected chi connectivity index (χ3v) is 3.67. The summed E-state index contributed by atoms with van der Waals surface area (Å²) in [4.78, 5) is 23.7. The highest BCUT2D eigenvalue weighted by Gasteiger charge is 2.07. The zero-order chi connectivity index (χ0) is 17.9. The SMILES string of the molecule is CCC(=NNC(=O)CCC(=O)NCc1ccccc1)c1ccccc1. The molecule has 5 heteroatoms. The van der Waals surface area contributed by atoms with Gasteiger partial charge in [0.2, 0.25) is 11.8 Å². The van der Waals surface area contributed by atoms with Crippen LogP contribution in [0.25, 0.3) is 0 Å². The molecular formula is C20H23N3O2. The third-order valence-electron chi connectivity index (χ3n) is 3.67. The Morgan fingerprint density at radius 2 is 1.48 bits per heavy atom. The van der Waals surface area contributed by atoms with E-state index < -0.39 is 0 Å². The summed E-state index contributed by atoms with van der Waals surface area (Å²) in [6.45, 7) is 2.45. The Labute approximate surface area is 148 Å². The minimum Gasteiger partial charge on any atom is -0.352 e. The summed E-state index contributed by atoms with van der Waals surface area (Å²) in [5, 5.41) is 6.97. The Morgan fingerprint density at radius 3 is 2.12 bits per heavy atom. The van der Waals surface area contributed by atoms with Crippen LogP contribution >= 0.6 is 0 Å². The van der Waals surface area contributed by atoms with Crippen LogP contribution in [0.4, 0.5) is 0 Å². The van der Waals surface area contributed by atoms with E-state index in [1.54, 1.807) is 0 Å². The van der Waals surface area contributed by atoms with Gasteiger partial charge in [0.05, 0.1) is 5.71 Å². The van der Waals surface area contributed by atoms with Crippen molar-refractivity contribution in [1.82, 2.24) is 10.7 Å². The maximum absolute atomic E-state index is 11.9. The van der Waals surface area contributed by atoms with Crippen molar-refractivity contribution < 1.29 is 9.59 Å². The van der Waals surface area contributed by atoms with Crippen LogP contribution in [0, 0.1) is 0 Å². The summed E-state index contributed by atoms with van der Waals surface area (Å²) in [6, 6.07) is 19.3. The minimum absolute atomic E-state index is 0.107. The summed E-state index contributed by atoms with van der Waals surface area (Å²) < 4.78 is 0. The molecule has 0 aliphatic heterocycles. The van der Waals surface area contributed by atoms with Crippen molar-refractivity contribution in [2.45, 2.75) is 32.7 Å². The summed E-state index contributed by atoms with van der Waals surface area (Å²) in [5.74, 6) is -0.418. The highest BCUT2D eigenvalue weighted by Crippen LogP contribution is 2.04. The Balaban J connectivity index is 1.74. The quantitative estimate of drug-likeness (QED) is 0.574. The van der Waals surface area contributed by atoms with E-state index >= 15 is 0 Å². The molecule has 2 N–H and O–H groups in total. The molecule has 0 unspecified atom stereocenters. The normalized spacial score (nSPS) is 11.0. The zero-order valence-corrected chi connectivity index (χ0v) is 14.4. The van der Waals surface area contributed by atoms with Crippen molar-refractivity contribution in [3.63, 3.8) is 0 Å². The predicted octanol–water partition coefficient (Wildman–Crippen LogP) is 3.01. The predicted molar refractivity (Wildman–Crippen MR) is 98.9 cm³/mol. The minimum atomic E-state index is -0.267. The maximum Gasteiger partial charge on any atom is 0.240 e. The lowest BCUT2D eigenvalue weighted by Gasteiger charge is -2.06. The molecule has 0 heterocycles. The van der Waals surface area contributed by atoms with Crippen molar-refractivity contribution in [3.05, 3.63) is 71.8 Å². The Morgan fingerprint density at radius 1 is 0.880 bits per heavy atom. The average Bonchev–Trinajstić information content (AvgIpc) is 2.67. The molecule has 0 saturated carbocycles. The molecule has 0 radical (unpaired) electrons. The van der Waals surface area contributed by atoms with Gasteiger partial charge in [0.15, 0.2) is 0 Å². The lowest BCUT2D eigenvalue weighted by molar-refractivity contribution is -0.126. The van der Waals surface area contributed by atoms with Gasteiger partial charge in [-0.2, -0.15) is 5.10 Å². The first-order valence-electron chi connectivity index (χ1n) is 8.40. The number of hydrogen-bond acceptors (Lipinski definition) is 3. The first-order chi connectivity index (χ1) is 12.2. The zero-order valence-electron chi connectivity index (χ0n) is 14.4. The molecule has 25 heavy (non-hydrogen) atoms. The second kappa shape index (κ2) is 10.0. The van der Waals surface area contributed by atoms with Gasteiger partial charge in [-0.25, -0.2) is 5.43 Å². The summed E-state index contributed by atoms with van der Waals surface area (Å²) in [7, 11) is 0. The van der Waals surface area contributed by atoms with E-state index in [9.17, 15) is 9.59 Å². The molecule has 2 rings (SSSR count). The molecule has 2 aromatic carbocycles. The highest BCUT2D eigenvalue weighted by molar-refractivity contribution is 6.00. The van der Waals surface area contributed by atoms with E-state index in [2.05, 4.69) is 15.8 Å². The number of benzene rings is 2. The van der Waals surface area contributed by atoms with Gasteiger partial charge in [-0.1, -0.05) is 67.6 Å². The van der Waals surface area contributed by atoms with Crippen LogP contribution in [0.5, 0.6) is 0 Å². The number of hydrazone groups is 1. The number of carbonyl (C=O) groups excluding carboxylic acids is 2. The van der Waals surface area contributed by atoms with E-state index in [0.717, 1.165) is 16.8 Å². The lowest BCUT2D eigenvalue weighted by atomic mass is 10.1. The number of amides is 2. The fourth-order valence-corrected chi connectivity index (χ4v) is 2.28. The first kappa shape index (κ1) is 18.4. The van der Waals surface area contributed by atoms with Gasteiger partial charge in [0, 0.05) is 19.4 Å². The van der Waals surface area contributed by atoms with Gasteiger partial charge in [-0.15, -0.1) is 0 Å². The van der Waals surface area contributed by atoms with Crippen LogP contribution < -0.4 is 10.7 Å². The van der Waals surface area contributed by atoms with Crippen molar-refractivity contribution in [3.8, 4) is 0 Å². The maximum atomic E-state index is 11.9. The Kier molecular flexibility index (Phi) is 7.38. The first-order valence-corrected chi connectivity index (χ1v) is 8.40. The van der Waals surface area contributed by atoms with E-state index in [1.807, 2.05) is 67.6 Å². The Hall–Kier alpha value is -2.95. The summed E-state index contributed by atoms with van der Waals surface area (Å²) in [6.07, 6.45) is 0.957. The van der Waals surface area contributed by atoms with E-state index in [1.165, 1.54) is 0 Å². The number of hydrogen-bond donors (Lipinski definition) is 2. The van der Waals surface area contributed by atoms with E-state index in [-0.39, 0.29) is 24.7 Å². The van der Waals surface area contributed by atoms with E-state index in [0.29, 0.717) is 13.0 Å². The fraction of sp³-hybridized carbons (Fsp3) is 0.250. The van der Waals surface area contributed by atoms with Crippen LogP contribution in [-0.2, 0) is 16.1 Å². The fourth-order valence-electron chi connectivity index (χ4n) is 2.28. The van der Waals surface area contributed by atoms with Crippen LogP contribution in [0.1, 0.15) is 37.3 Å². The van der Waals surface area contributed by atoms with E-state index in [4.69, 9.17) is 0 Å². The third kappa shape index (κ3) is 6.59. The van der Waals surface area contributed by atoms with Gasteiger partial charge >= 0.3 is 0 Å². The summed E-state index contributed by atoms with van der Waals surface area (Å²) in [5.41, 5.74) is 5.34. The van der Waals surface area contributed by atoms with Gasteiger partial charge in [-0.3, -0.25) is 9.59 Å². The highest BCUT2D eigenvalue weighted by atomic mass is 16.2. The topological polar surface area (TPSA) is 70.6 Å². The molecule has 0 fully saturated rings. The van der Waals surface area contributed by atoms with Crippen LogP contribution in [0.3, 0.4) is 0 Å². The number of nitrogens with one attached hydrogen (secondary N) is 2. The number of rotatable bonds is 8. The number of nitrogens with zero attached hydrogens (tertiary/aromatic N) is 1. The molecule has 0 saturated heterocycles. The molecule has 5 nitrogen and oxygen atoms in total. The molecule has 0 spiro atoms. The second-order valence-electron chi connectivity index (χ2n) is 5.58. The van der Waals surface area contributed by atoms with Crippen molar-refractivity contribution >= 4 is 17.5 Å². The molecule has 2 amide bonds. The monoisotopic (exact) mass is 337 g/mol. The molecule has 130 valence electrons. The van der Waals surface area contributed by atoms with Gasteiger partial charge < -0.3 is 5.32 Å². The molecule has 0 aromatic heterocycles. The van der Waals surface area contributed by atoms with Gasteiger partial charge in [0.25, 0.3) is 0 Å². The molecule has 0 bridgehead atoms. The van der Waals surface area contributed by atoms with Crippen molar-refractivity contribution in [2.75, 3.05) is 0 Å². The second-order valence-corrected chi connectivity index (χ2v) is 5.58. The smallest absolute Gasteiger partial charge is 0.240 e. The summed E-state index contributed by atoms with van der Waals surface area (Å²) >= 11 is 0. The van der Waals surface area contributed by atoms with Gasteiger partial charge in [-0.05, 0) is 17.5 Å². The van der Waals surface area contributed by atoms with Gasteiger partial charge in [0.1, 0.15) is 0 Å². The largest absolute Gasteiger partial charge is 0.352 e. The van der Waals surface area contributed by atoms with Crippen molar-refractivity contribution in [2.24, 2.45) is 5.10 Å².